The van der Waals surface area contributed by atoms with Crippen molar-refractivity contribution in [2.45, 2.75) is 6.54 Å². The van der Waals surface area contributed by atoms with Crippen molar-refractivity contribution in [1.82, 2.24) is 9.55 Å². The van der Waals surface area contributed by atoms with Gasteiger partial charge in [-0.15, -0.1) is 23.7 Å². The lowest BCUT2D eigenvalue weighted by molar-refractivity contribution is 0.0974. The Labute approximate surface area is 107 Å². The molecular formula is C10H10ClN3O2S. The molecule has 5 nitrogen and oxygen atoms in total. The average molecular weight is 272 g/mol. The number of hydrogen-bond donors (Lipinski definition) is 1. The SMILES string of the molecule is Cl.Nc1ccn(CC(=O)c2cccs2)c(=O)n1. The van der Waals surface area contributed by atoms with E-state index in [-0.39, 0.29) is 30.6 Å². The quantitative estimate of drug-likeness (QED) is 0.851. The summed E-state index contributed by atoms with van der Waals surface area (Å²) in [6.07, 6.45) is 1.47. The molecule has 7 heteroatoms. The maximum atomic E-state index is 11.7. The van der Waals surface area contributed by atoms with E-state index in [9.17, 15) is 9.59 Å². The number of carbonyl (C=O) groups excluding carboxylic acids is 1. The second kappa shape index (κ2) is 5.60. The first kappa shape index (κ1) is 13.4. The zero-order chi connectivity index (χ0) is 11.5. The summed E-state index contributed by atoms with van der Waals surface area (Å²) < 4.78 is 1.23. The first-order valence-electron chi connectivity index (χ1n) is 4.56. The fourth-order valence-corrected chi connectivity index (χ4v) is 1.89. The fourth-order valence-electron chi connectivity index (χ4n) is 1.23. The molecule has 2 rings (SSSR count). The fraction of sp³-hybridized carbons (Fsp3) is 0.100. The molecular weight excluding hydrogens is 262 g/mol. The number of Topliss-reactive ketones (excluding diaryl/α,β-unsaturated/α-hetero) is 1. The van der Waals surface area contributed by atoms with Crippen molar-refractivity contribution in [3.8, 4) is 0 Å². The number of thiophene rings is 1. The number of carbonyl (C=O) groups is 1. The van der Waals surface area contributed by atoms with Gasteiger partial charge in [0.25, 0.3) is 0 Å². The standard InChI is InChI=1S/C10H9N3O2S.ClH/c11-9-3-4-13(10(15)12-9)6-7(14)8-2-1-5-16-8;/h1-5H,6H2,(H2,11,12,15);1H. The van der Waals surface area contributed by atoms with Gasteiger partial charge in [0.05, 0.1) is 11.4 Å². The number of halogens is 1. The molecule has 0 unspecified atom stereocenters. The van der Waals surface area contributed by atoms with Crippen LogP contribution in [0.2, 0.25) is 0 Å². The van der Waals surface area contributed by atoms with Crippen LogP contribution >= 0.6 is 23.7 Å². The summed E-state index contributed by atoms with van der Waals surface area (Å²) in [7, 11) is 0. The molecule has 0 aromatic carbocycles. The van der Waals surface area contributed by atoms with Crippen LogP contribution in [0, 0.1) is 0 Å². The van der Waals surface area contributed by atoms with E-state index < -0.39 is 5.69 Å². The largest absolute Gasteiger partial charge is 0.383 e. The zero-order valence-electron chi connectivity index (χ0n) is 8.70. The first-order chi connectivity index (χ1) is 7.66. The molecule has 17 heavy (non-hydrogen) atoms. The third-order valence-corrected chi connectivity index (χ3v) is 2.92. The van der Waals surface area contributed by atoms with E-state index in [1.54, 1.807) is 12.1 Å². The van der Waals surface area contributed by atoms with Gasteiger partial charge in [0.15, 0.2) is 5.78 Å². The number of rotatable bonds is 3. The topological polar surface area (TPSA) is 78.0 Å². The van der Waals surface area contributed by atoms with Gasteiger partial charge in [0.1, 0.15) is 5.82 Å². The predicted octanol–water partition coefficient (Wildman–Crippen LogP) is 1.19. The van der Waals surface area contributed by atoms with Crippen LogP contribution in [-0.4, -0.2) is 15.3 Å². The Balaban J connectivity index is 0.00000144. The molecule has 0 saturated heterocycles. The monoisotopic (exact) mass is 271 g/mol. The second-order valence-corrected chi connectivity index (χ2v) is 4.11. The number of aromatic nitrogens is 2. The van der Waals surface area contributed by atoms with E-state index in [0.29, 0.717) is 4.88 Å². The van der Waals surface area contributed by atoms with Crippen molar-refractivity contribution in [3.05, 3.63) is 45.1 Å². The molecule has 2 N–H and O–H groups in total. The summed E-state index contributed by atoms with van der Waals surface area (Å²) >= 11 is 1.35. The summed E-state index contributed by atoms with van der Waals surface area (Å²) in [4.78, 5) is 27.2. The molecule has 0 aliphatic rings. The van der Waals surface area contributed by atoms with Crippen molar-refractivity contribution in [3.63, 3.8) is 0 Å². The lowest BCUT2D eigenvalue weighted by atomic mass is 10.3. The van der Waals surface area contributed by atoms with Gasteiger partial charge in [0.2, 0.25) is 0 Å². The molecule has 0 aliphatic carbocycles. The Morgan fingerprint density at radius 3 is 2.82 bits per heavy atom. The van der Waals surface area contributed by atoms with Crippen molar-refractivity contribution in [2.24, 2.45) is 0 Å². The van der Waals surface area contributed by atoms with Crippen LogP contribution in [0.15, 0.2) is 34.6 Å². The molecule has 0 saturated carbocycles. The van der Waals surface area contributed by atoms with Crippen LogP contribution in [-0.2, 0) is 6.54 Å². The third-order valence-electron chi connectivity index (χ3n) is 2.01. The highest BCUT2D eigenvalue weighted by atomic mass is 35.5. The van der Waals surface area contributed by atoms with Crippen LogP contribution in [0.1, 0.15) is 9.67 Å². The van der Waals surface area contributed by atoms with Gasteiger partial charge in [-0.25, -0.2) is 4.79 Å². The van der Waals surface area contributed by atoms with Gasteiger partial charge in [-0.2, -0.15) is 4.98 Å². The molecule has 0 fully saturated rings. The van der Waals surface area contributed by atoms with E-state index >= 15 is 0 Å². The van der Waals surface area contributed by atoms with Crippen LogP contribution in [0.5, 0.6) is 0 Å². The second-order valence-electron chi connectivity index (χ2n) is 3.16. The minimum atomic E-state index is -0.509. The molecule has 0 amide bonds. The molecule has 0 aliphatic heterocycles. The van der Waals surface area contributed by atoms with Crippen LogP contribution < -0.4 is 11.4 Å². The lowest BCUT2D eigenvalue weighted by Gasteiger charge is -2.02. The first-order valence-corrected chi connectivity index (χ1v) is 5.44. The van der Waals surface area contributed by atoms with Crippen LogP contribution in [0.3, 0.4) is 0 Å². The van der Waals surface area contributed by atoms with E-state index in [2.05, 4.69) is 4.98 Å². The number of ketones is 1. The minimum Gasteiger partial charge on any atom is -0.383 e. The molecule has 90 valence electrons. The molecule has 0 bridgehead atoms. The lowest BCUT2D eigenvalue weighted by Crippen LogP contribution is -2.26. The Morgan fingerprint density at radius 1 is 1.47 bits per heavy atom. The van der Waals surface area contributed by atoms with Crippen LogP contribution in [0.25, 0.3) is 0 Å². The van der Waals surface area contributed by atoms with Gasteiger partial charge < -0.3 is 5.73 Å². The van der Waals surface area contributed by atoms with Crippen molar-refractivity contribution in [2.75, 3.05) is 5.73 Å². The maximum Gasteiger partial charge on any atom is 0.349 e. The highest BCUT2D eigenvalue weighted by molar-refractivity contribution is 7.12. The maximum absolute atomic E-state index is 11.7. The summed E-state index contributed by atoms with van der Waals surface area (Å²) in [5, 5.41) is 1.82. The smallest absolute Gasteiger partial charge is 0.349 e. The normalized spacial score (nSPS) is 9.65. The van der Waals surface area contributed by atoms with Gasteiger partial charge in [-0.05, 0) is 17.5 Å². The van der Waals surface area contributed by atoms with Crippen LogP contribution in [0.4, 0.5) is 5.82 Å². The predicted molar refractivity (Wildman–Crippen MR) is 68.8 cm³/mol. The molecule has 0 radical (unpaired) electrons. The summed E-state index contributed by atoms with van der Waals surface area (Å²) in [5.41, 5.74) is 4.84. The molecule has 0 spiro atoms. The van der Waals surface area contributed by atoms with E-state index in [1.165, 1.54) is 28.2 Å². The number of nitrogens with two attached hydrogens (primary N) is 1. The van der Waals surface area contributed by atoms with Gasteiger partial charge in [-0.3, -0.25) is 9.36 Å². The Bertz CT molecular complexity index is 565. The van der Waals surface area contributed by atoms with Gasteiger partial charge in [0, 0.05) is 6.20 Å². The number of nitrogens with zero attached hydrogens (tertiary/aromatic N) is 2. The third kappa shape index (κ3) is 3.15. The van der Waals surface area contributed by atoms with E-state index in [4.69, 9.17) is 5.73 Å². The number of nitrogen functional groups attached to an aromatic ring is 1. The highest BCUT2D eigenvalue weighted by Crippen LogP contribution is 2.09. The Kier molecular flexibility index (Phi) is 4.42. The summed E-state index contributed by atoms with van der Waals surface area (Å²) in [5.74, 6) is 0.0495. The van der Waals surface area contributed by atoms with Gasteiger partial charge in [-0.1, -0.05) is 6.07 Å². The Morgan fingerprint density at radius 2 is 2.24 bits per heavy atom. The Hall–Kier alpha value is -1.66. The van der Waals surface area contributed by atoms with Crippen molar-refractivity contribution in [1.29, 1.82) is 0 Å². The highest BCUT2D eigenvalue weighted by Gasteiger charge is 2.08. The average Bonchev–Trinajstić information content (AvgIpc) is 2.75. The van der Waals surface area contributed by atoms with Gasteiger partial charge >= 0.3 is 5.69 Å². The number of anilines is 1. The molecule has 2 aromatic rings. The van der Waals surface area contributed by atoms with Crippen molar-refractivity contribution >= 4 is 35.3 Å². The minimum absolute atomic E-state index is 0. The van der Waals surface area contributed by atoms with E-state index in [1.807, 2.05) is 5.38 Å². The van der Waals surface area contributed by atoms with Crippen molar-refractivity contribution < 1.29 is 4.79 Å². The molecule has 2 heterocycles. The van der Waals surface area contributed by atoms with E-state index in [0.717, 1.165) is 0 Å². The summed E-state index contributed by atoms with van der Waals surface area (Å²) in [6.45, 7) is -0.00731. The molecule has 2 aromatic heterocycles. The zero-order valence-corrected chi connectivity index (χ0v) is 10.3. The summed E-state index contributed by atoms with van der Waals surface area (Å²) in [6, 6.07) is 5.01. The molecule has 0 atom stereocenters. The number of hydrogen-bond acceptors (Lipinski definition) is 5.